The monoisotopic (exact) mass is 266 g/mol. The van der Waals surface area contributed by atoms with Gasteiger partial charge in [0.1, 0.15) is 0 Å². The van der Waals surface area contributed by atoms with Crippen LogP contribution in [0.4, 0.5) is 0 Å². The molecule has 2 rings (SSSR count). The first-order valence-electron chi connectivity index (χ1n) is 8.84. The molecule has 0 aromatic carbocycles. The van der Waals surface area contributed by atoms with Crippen LogP contribution in [0.5, 0.6) is 0 Å². The van der Waals surface area contributed by atoms with Crippen LogP contribution in [0.1, 0.15) is 71.1 Å². The highest BCUT2D eigenvalue weighted by atomic mass is 15.1. The van der Waals surface area contributed by atoms with Gasteiger partial charge in [-0.3, -0.25) is 0 Å². The maximum atomic E-state index is 3.83. The van der Waals surface area contributed by atoms with Gasteiger partial charge in [0.25, 0.3) is 0 Å². The topological polar surface area (TPSA) is 15.3 Å². The molecule has 1 saturated carbocycles. The molecule has 0 aromatic rings. The Hall–Kier alpha value is -0.0800. The Morgan fingerprint density at radius 1 is 0.947 bits per heavy atom. The van der Waals surface area contributed by atoms with E-state index in [1.807, 2.05) is 0 Å². The highest BCUT2D eigenvalue weighted by Gasteiger charge is 2.18. The first-order valence-corrected chi connectivity index (χ1v) is 8.84. The second kappa shape index (κ2) is 8.97. The average Bonchev–Trinajstić information content (AvgIpc) is 2.66. The second-order valence-corrected chi connectivity index (χ2v) is 6.72. The Balaban J connectivity index is 1.57. The zero-order valence-electron chi connectivity index (χ0n) is 13.0. The van der Waals surface area contributed by atoms with Crippen LogP contribution in [0, 0.1) is 5.92 Å². The van der Waals surface area contributed by atoms with E-state index >= 15 is 0 Å². The smallest absolute Gasteiger partial charge is 0.0107 e. The molecule has 2 heteroatoms. The van der Waals surface area contributed by atoms with Crippen LogP contribution in [0.15, 0.2) is 0 Å². The van der Waals surface area contributed by atoms with Crippen LogP contribution in [0.3, 0.4) is 0 Å². The Kier molecular flexibility index (Phi) is 7.23. The van der Waals surface area contributed by atoms with Crippen molar-refractivity contribution in [1.29, 1.82) is 0 Å². The van der Waals surface area contributed by atoms with Crippen LogP contribution in [-0.4, -0.2) is 37.1 Å². The minimum Gasteiger partial charge on any atom is -0.313 e. The van der Waals surface area contributed by atoms with Gasteiger partial charge in [0.2, 0.25) is 0 Å². The van der Waals surface area contributed by atoms with Crippen LogP contribution in [0.25, 0.3) is 0 Å². The fraction of sp³-hybridized carbons (Fsp3) is 1.00. The van der Waals surface area contributed by atoms with E-state index in [2.05, 4.69) is 17.1 Å². The van der Waals surface area contributed by atoms with Gasteiger partial charge in [0, 0.05) is 19.1 Å². The molecule has 1 N–H and O–H groups in total. The summed E-state index contributed by atoms with van der Waals surface area (Å²) in [4.78, 5) is 2.65. The predicted molar refractivity (Wildman–Crippen MR) is 83.6 cm³/mol. The van der Waals surface area contributed by atoms with Gasteiger partial charge in [-0.25, -0.2) is 0 Å². The van der Waals surface area contributed by atoms with Crippen molar-refractivity contribution in [2.75, 3.05) is 26.2 Å². The van der Waals surface area contributed by atoms with Crippen molar-refractivity contribution in [2.24, 2.45) is 5.92 Å². The van der Waals surface area contributed by atoms with Crippen molar-refractivity contribution in [3.63, 3.8) is 0 Å². The molecule has 0 bridgehead atoms. The molecule has 112 valence electrons. The van der Waals surface area contributed by atoms with Crippen molar-refractivity contribution in [3.8, 4) is 0 Å². The molecule has 0 radical (unpaired) electrons. The quantitative estimate of drug-likeness (QED) is 0.735. The van der Waals surface area contributed by atoms with Crippen LogP contribution in [-0.2, 0) is 0 Å². The Morgan fingerprint density at radius 3 is 2.58 bits per heavy atom. The van der Waals surface area contributed by atoms with E-state index in [0.717, 1.165) is 12.0 Å². The second-order valence-electron chi connectivity index (χ2n) is 6.72. The van der Waals surface area contributed by atoms with Gasteiger partial charge in [0.15, 0.2) is 0 Å². The van der Waals surface area contributed by atoms with E-state index in [1.54, 1.807) is 0 Å². The van der Waals surface area contributed by atoms with Gasteiger partial charge in [-0.05, 0) is 51.1 Å². The average molecular weight is 266 g/mol. The van der Waals surface area contributed by atoms with Gasteiger partial charge in [-0.15, -0.1) is 0 Å². The predicted octanol–water partition coefficient (Wildman–Crippen LogP) is 3.81. The summed E-state index contributed by atoms with van der Waals surface area (Å²) in [5.41, 5.74) is 0. The zero-order chi connectivity index (χ0) is 13.3. The van der Waals surface area contributed by atoms with Crippen molar-refractivity contribution >= 4 is 0 Å². The van der Waals surface area contributed by atoms with Gasteiger partial charge < -0.3 is 10.2 Å². The number of nitrogens with one attached hydrogen (secondary N) is 1. The highest BCUT2D eigenvalue weighted by molar-refractivity contribution is 4.76. The lowest BCUT2D eigenvalue weighted by atomic mass is 9.95. The molecule has 2 atom stereocenters. The van der Waals surface area contributed by atoms with E-state index in [-0.39, 0.29) is 0 Å². The highest BCUT2D eigenvalue weighted by Crippen LogP contribution is 2.26. The molecule has 2 unspecified atom stereocenters. The minimum absolute atomic E-state index is 0.812. The fourth-order valence-corrected chi connectivity index (χ4v) is 3.89. The summed E-state index contributed by atoms with van der Waals surface area (Å²) in [6, 6.07) is 0.812. The summed E-state index contributed by atoms with van der Waals surface area (Å²) in [6.45, 7) is 7.49. The Bertz CT molecular complexity index is 223. The number of hydrogen-bond donors (Lipinski definition) is 1. The lowest BCUT2D eigenvalue weighted by molar-refractivity contribution is 0.225. The van der Waals surface area contributed by atoms with Crippen LogP contribution < -0.4 is 5.32 Å². The van der Waals surface area contributed by atoms with Gasteiger partial charge in [-0.2, -0.15) is 0 Å². The molecular formula is C17H34N2. The van der Waals surface area contributed by atoms with Gasteiger partial charge in [-0.1, -0.05) is 39.0 Å². The van der Waals surface area contributed by atoms with Crippen LogP contribution >= 0.6 is 0 Å². The molecule has 1 aliphatic heterocycles. The third kappa shape index (κ3) is 5.83. The molecule has 2 aliphatic rings. The fourth-order valence-electron chi connectivity index (χ4n) is 3.89. The minimum atomic E-state index is 0.812. The van der Waals surface area contributed by atoms with E-state index in [4.69, 9.17) is 0 Å². The summed E-state index contributed by atoms with van der Waals surface area (Å²) in [7, 11) is 0. The van der Waals surface area contributed by atoms with Crippen molar-refractivity contribution in [1.82, 2.24) is 10.2 Å². The number of rotatable bonds is 6. The molecule has 1 aliphatic carbocycles. The number of hydrogen-bond acceptors (Lipinski definition) is 2. The van der Waals surface area contributed by atoms with Crippen molar-refractivity contribution in [3.05, 3.63) is 0 Å². The maximum Gasteiger partial charge on any atom is 0.0107 e. The third-order valence-electron chi connectivity index (χ3n) is 5.09. The number of likely N-dealkylation sites (tertiary alicyclic amines) is 1. The Morgan fingerprint density at radius 2 is 1.79 bits per heavy atom. The standard InChI is InChI=1S/C17H34N2/c1-2-7-16-8-6-9-17(11-10-16)18-12-15-19-13-4-3-5-14-19/h16-18H,2-15H2,1H3. The molecular weight excluding hydrogens is 232 g/mol. The molecule has 0 aromatic heterocycles. The maximum absolute atomic E-state index is 3.83. The molecule has 0 spiro atoms. The van der Waals surface area contributed by atoms with E-state index in [0.29, 0.717) is 0 Å². The largest absolute Gasteiger partial charge is 0.313 e. The van der Waals surface area contributed by atoms with E-state index in [9.17, 15) is 0 Å². The summed E-state index contributed by atoms with van der Waals surface area (Å²) >= 11 is 0. The SMILES string of the molecule is CCCC1CCCC(NCCN2CCCCC2)CC1. The summed E-state index contributed by atoms with van der Waals surface area (Å²) in [5, 5.41) is 3.83. The zero-order valence-corrected chi connectivity index (χ0v) is 13.0. The third-order valence-corrected chi connectivity index (χ3v) is 5.09. The summed E-state index contributed by atoms with van der Waals surface area (Å²) in [6.07, 6.45) is 14.4. The summed E-state index contributed by atoms with van der Waals surface area (Å²) < 4.78 is 0. The lowest BCUT2D eigenvalue weighted by Gasteiger charge is -2.27. The number of nitrogens with zero attached hydrogens (tertiary/aromatic N) is 1. The normalized spacial score (nSPS) is 30.2. The first kappa shape index (κ1) is 15.3. The molecule has 2 fully saturated rings. The lowest BCUT2D eigenvalue weighted by Crippen LogP contribution is -2.39. The van der Waals surface area contributed by atoms with Gasteiger partial charge in [0.05, 0.1) is 0 Å². The van der Waals surface area contributed by atoms with E-state index in [1.165, 1.54) is 90.4 Å². The molecule has 1 saturated heterocycles. The van der Waals surface area contributed by atoms with E-state index < -0.39 is 0 Å². The van der Waals surface area contributed by atoms with Crippen molar-refractivity contribution < 1.29 is 0 Å². The van der Waals surface area contributed by atoms with Gasteiger partial charge >= 0.3 is 0 Å². The molecule has 19 heavy (non-hydrogen) atoms. The summed E-state index contributed by atoms with van der Waals surface area (Å²) in [5.74, 6) is 1.03. The van der Waals surface area contributed by atoms with Crippen LogP contribution in [0.2, 0.25) is 0 Å². The molecule has 1 heterocycles. The van der Waals surface area contributed by atoms with Crippen molar-refractivity contribution in [2.45, 2.75) is 77.2 Å². The molecule has 0 amide bonds. The Labute approximate surface area is 120 Å². The first-order chi connectivity index (χ1) is 9.38. The molecule has 2 nitrogen and oxygen atoms in total. The number of piperidine rings is 1.